The van der Waals surface area contributed by atoms with Crippen LogP contribution >= 0.6 is 11.6 Å². The number of hydrogen-bond donors (Lipinski definition) is 1. The molecule has 0 aliphatic carbocycles. The Hall–Kier alpha value is -3.25. The summed E-state index contributed by atoms with van der Waals surface area (Å²) in [4.78, 5) is 15.0. The number of rotatable bonds is 6. The Balaban J connectivity index is 1.19. The van der Waals surface area contributed by atoms with E-state index in [1.165, 1.54) is 0 Å². The Morgan fingerprint density at radius 2 is 2.06 bits per heavy atom. The average Bonchev–Trinajstić information content (AvgIpc) is 3.54. The molecule has 2 aromatic heterocycles. The van der Waals surface area contributed by atoms with Crippen LogP contribution in [0.15, 0.2) is 59.0 Å². The fraction of sp³-hybridized carbons (Fsp3) is 0.280. The summed E-state index contributed by atoms with van der Waals surface area (Å²) < 4.78 is 11.6. The molecule has 1 saturated heterocycles. The molecule has 1 unspecified atom stereocenters. The molecule has 4 aromatic rings. The molecule has 0 saturated carbocycles. The SMILES string of the molecule is Cc1c(C(=O)N2CCC(c3cc(CCOc4ccc(Cl)cc4)[nH]n3)C2)oc2ccccc12. The van der Waals surface area contributed by atoms with Gasteiger partial charge in [-0.3, -0.25) is 9.89 Å². The molecule has 0 radical (unpaired) electrons. The van der Waals surface area contributed by atoms with Crippen molar-refractivity contribution in [3.8, 4) is 5.75 Å². The fourth-order valence-electron chi connectivity index (χ4n) is 4.23. The number of nitrogens with one attached hydrogen (secondary N) is 1. The molecular weight excluding hydrogens is 426 g/mol. The van der Waals surface area contributed by atoms with Crippen molar-refractivity contribution < 1.29 is 13.9 Å². The van der Waals surface area contributed by atoms with E-state index < -0.39 is 0 Å². The number of aryl methyl sites for hydroxylation is 1. The van der Waals surface area contributed by atoms with Gasteiger partial charge in [-0.1, -0.05) is 29.8 Å². The van der Waals surface area contributed by atoms with E-state index in [0.29, 0.717) is 30.5 Å². The molecule has 2 aromatic carbocycles. The predicted octanol–water partition coefficient (Wildman–Crippen LogP) is 5.37. The van der Waals surface area contributed by atoms with Crippen molar-refractivity contribution >= 4 is 28.5 Å². The molecule has 5 rings (SSSR count). The van der Waals surface area contributed by atoms with Crippen molar-refractivity contribution in [3.05, 3.63) is 82.3 Å². The van der Waals surface area contributed by atoms with Crippen LogP contribution in [0.25, 0.3) is 11.0 Å². The zero-order valence-corrected chi connectivity index (χ0v) is 18.6. The normalized spacial score (nSPS) is 16.1. The molecule has 1 aliphatic heterocycles. The Morgan fingerprint density at radius 1 is 1.25 bits per heavy atom. The third kappa shape index (κ3) is 4.10. The fourth-order valence-corrected chi connectivity index (χ4v) is 4.36. The minimum absolute atomic E-state index is 0.0478. The highest BCUT2D eigenvalue weighted by Crippen LogP contribution is 2.31. The van der Waals surface area contributed by atoms with E-state index >= 15 is 0 Å². The van der Waals surface area contributed by atoms with Crippen LogP contribution < -0.4 is 4.74 Å². The molecule has 1 N–H and O–H groups in total. The van der Waals surface area contributed by atoms with Gasteiger partial charge in [0.25, 0.3) is 5.91 Å². The zero-order valence-electron chi connectivity index (χ0n) is 17.8. The molecule has 0 spiro atoms. The Morgan fingerprint density at radius 3 is 2.88 bits per heavy atom. The Kier molecular flexibility index (Phi) is 5.62. The molecule has 1 atom stereocenters. The summed E-state index contributed by atoms with van der Waals surface area (Å²) in [5.74, 6) is 1.40. The Labute approximate surface area is 191 Å². The molecule has 164 valence electrons. The van der Waals surface area contributed by atoms with Gasteiger partial charge in [-0.25, -0.2) is 0 Å². The molecule has 1 amide bonds. The lowest BCUT2D eigenvalue weighted by atomic mass is 10.0. The first kappa shape index (κ1) is 20.6. The highest BCUT2D eigenvalue weighted by atomic mass is 35.5. The first-order chi connectivity index (χ1) is 15.6. The number of fused-ring (bicyclic) bond motifs is 1. The van der Waals surface area contributed by atoms with E-state index in [-0.39, 0.29) is 11.8 Å². The number of furan rings is 1. The number of aromatic nitrogens is 2. The number of halogens is 1. The number of nitrogens with zero attached hydrogens (tertiary/aromatic N) is 2. The lowest BCUT2D eigenvalue weighted by Crippen LogP contribution is -2.28. The maximum atomic E-state index is 13.1. The topological polar surface area (TPSA) is 71.4 Å². The lowest BCUT2D eigenvalue weighted by molar-refractivity contribution is 0.0760. The van der Waals surface area contributed by atoms with E-state index in [2.05, 4.69) is 16.3 Å². The number of hydrogen-bond acceptors (Lipinski definition) is 4. The highest BCUT2D eigenvalue weighted by Gasteiger charge is 2.32. The molecule has 7 heteroatoms. The van der Waals surface area contributed by atoms with Crippen molar-refractivity contribution in [1.82, 2.24) is 15.1 Å². The monoisotopic (exact) mass is 449 g/mol. The highest BCUT2D eigenvalue weighted by molar-refractivity contribution is 6.30. The van der Waals surface area contributed by atoms with Crippen LogP contribution in [0, 0.1) is 6.92 Å². The first-order valence-electron chi connectivity index (χ1n) is 10.8. The zero-order chi connectivity index (χ0) is 22.1. The van der Waals surface area contributed by atoms with Crippen LogP contribution in [-0.2, 0) is 6.42 Å². The number of benzene rings is 2. The van der Waals surface area contributed by atoms with Crippen LogP contribution in [0.2, 0.25) is 5.02 Å². The summed E-state index contributed by atoms with van der Waals surface area (Å²) in [5, 5.41) is 9.28. The molecule has 1 aliphatic rings. The summed E-state index contributed by atoms with van der Waals surface area (Å²) in [5.41, 5.74) is 3.66. The number of ether oxygens (including phenoxy) is 1. The third-order valence-electron chi connectivity index (χ3n) is 6.04. The number of para-hydroxylation sites is 1. The molecule has 32 heavy (non-hydrogen) atoms. The third-order valence-corrected chi connectivity index (χ3v) is 6.29. The summed E-state index contributed by atoms with van der Waals surface area (Å²) >= 11 is 5.90. The number of carbonyl (C=O) groups excluding carboxylic acids is 1. The van der Waals surface area contributed by atoms with Gasteiger partial charge in [0.15, 0.2) is 5.76 Å². The largest absolute Gasteiger partial charge is 0.493 e. The lowest BCUT2D eigenvalue weighted by Gasteiger charge is -2.14. The van der Waals surface area contributed by atoms with Gasteiger partial charge in [0.05, 0.1) is 12.3 Å². The van der Waals surface area contributed by atoms with Crippen molar-refractivity contribution in [1.29, 1.82) is 0 Å². The quantitative estimate of drug-likeness (QED) is 0.429. The van der Waals surface area contributed by atoms with E-state index in [1.807, 2.05) is 60.4 Å². The van der Waals surface area contributed by atoms with Crippen molar-refractivity contribution in [2.45, 2.75) is 25.7 Å². The van der Waals surface area contributed by atoms with Crippen LogP contribution in [0.5, 0.6) is 5.75 Å². The van der Waals surface area contributed by atoms with Gasteiger partial charge in [0, 0.05) is 47.1 Å². The standard InChI is InChI=1S/C25H24ClN3O3/c1-16-21-4-2-3-5-23(21)32-24(16)25(30)29-12-10-17(15-29)22-14-19(27-28-22)11-13-31-20-8-6-18(26)7-9-20/h2-9,14,17H,10-13,15H2,1H3,(H,27,28). The molecule has 6 nitrogen and oxygen atoms in total. The summed E-state index contributed by atoms with van der Waals surface area (Å²) in [6.07, 6.45) is 1.61. The predicted molar refractivity (Wildman–Crippen MR) is 123 cm³/mol. The number of carbonyl (C=O) groups is 1. The maximum Gasteiger partial charge on any atom is 0.289 e. The maximum absolute atomic E-state index is 13.1. The second-order valence-corrected chi connectivity index (χ2v) is 8.60. The average molecular weight is 450 g/mol. The van der Waals surface area contributed by atoms with E-state index in [1.54, 1.807) is 0 Å². The van der Waals surface area contributed by atoms with Crippen molar-refractivity contribution in [2.75, 3.05) is 19.7 Å². The van der Waals surface area contributed by atoms with E-state index in [4.69, 9.17) is 20.8 Å². The molecule has 3 heterocycles. The van der Waals surface area contributed by atoms with E-state index in [9.17, 15) is 4.79 Å². The van der Waals surface area contributed by atoms with Crippen LogP contribution in [-0.4, -0.2) is 40.7 Å². The van der Waals surface area contributed by atoms with Crippen LogP contribution in [0.1, 0.15) is 39.8 Å². The minimum atomic E-state index is -0.0478. The number of aromatic amines is 1. The minimum Gasteiger partial charge on any atom is -0.493 e. The molecular formula is C25H24ClN3O3. The van der Waals surface area contributed by atoms with Crippen molar-refractivity contribution in [2.24, 2.45) is 0 Å². The van der Waals surface area contributed by atoms with Gasteiger partial charge in [0.2, 0.25) is 0 Å². The van der Waals surface area contributed by atoms with Gasteiger partial charge in [-0.15, -0.1) is 0 Å². The number of likely N-dealkylation sites (tertiary alicyclic amines) is 1. The van der Waals surface area contributed by atoms with Crippen LogP contribution in [0.4, 0.5) is 0 Å². The van der Waals surface area contributed by atoms with Gasteiger partial charge >= 0.3 is 0 Å². The summed E-state index contributed by atoms with van der Waals surface area (Å²) in [6.45, 7) is 3.82. The van der Waals surface area contributed by atoms with Crippen molar-refractivity contribution in [3.63, 3.8) is 0 Å². The van der Waals surface area contributed by atoms with E-state index in [0.717, 1.165) is 46.5 Å². The summed E-state index contributed by atoms with van der Waals surface area (Å²) in [6, 6.07) is 17.2. The van der Waals surface area contributed by atoms with Gasteiger partial charge < -0.3 is 14.1 Å². The second kappa shape index (κ2) is 8.71. The van der Waals surface area contributed by atoms with Crippen LogP contribution in [0.3, 0.4) is 0 Å². The van der Waals surface area contributed by atoms with Gasteiger partial charge in [0.1, 0.15) is 11.3 Å². The molecule has 1 fully saturated rings. The smallest absolute Gasteiger partial charge is 0.289 e. The van der Waals surface area contributed by atoms with Gasteiger partial charge in [-0.2, -0.15) is 5.10 Å². The van der Waals surface area contributed by atoms with Gasteiger partial charge in [-0.05, 0) is 49.7 Å². The second-order valence-electron chi connectivity index (χ2n) is 8.16. The Bertz CT molecular complexity index is 1250. The summed E-state index contributed by atoms with van der Waals surface area (Å²) in [7, 11) is 0. The first-order valence-corrected chi connectivity index (χ1v) is 11.2. The number of H-pyrrole nitrogens is 1. The molecule has 0 bridgehead atoms. The number of amides is 1.